The summed E-state index contributed by atoms with van der Waals surface area (Å²) in [6, 6.07) is 0.604. The first-order valence-corrected chi connectivity index (χ1v) is 3.82. The maximum absolute atomic E-state index is 3.99. The van der Waals surface area contributed by atoms with Gasteiger partial charge in [-0.1, -0.05) is 13.3 Å². The van der Waals surface area contributed by atoms with Crippen molar-refractivity contribution >= 4 is 0 Å². The molecule has 1 atom stereocenters. The molecular formula is C8H15FN2. The highest BCUT2D eigenvalue weighted by Crippen LogP contribution is 2.10. The number of hydrogen-bond acceptors (Lipinski definition) is 1. The molecule has 0 aliphatic heterocycles. The molecule has 0 saturated heterocycles. The molecule has 0 spiro atoms. The van der Waals surface area contributed by atoms with Crippen LogP contribution in [0.5, 0.6) is 0 Å². The Kier molecular flexibility index (Phi) is 4.50. The van der Waals surface area contributed by atoms with E-state index in [0.717, 1.165) is 0 Å². The average Bonchev–Trinajstić information content (AvgIpc) is 2.38. The van der Waals surface area contributed by atoms with Crippen LogP contribution in [-0.2, 0) is 0 Å². The molecule has 0 radical (unpaired) electrons. The Hall–Kier alpha value is -0.860. The highest BCUT2D eigenvalue weighted by molar-refractivity contribution is 4.78. The molecule has 0 aliphatic rings. The molecule has 0 N–H and O–H groups in total. The van der Waals surface area contributed by atoms with Crippen LogP contribution in [0.15, 0.2) is 18.7 Å². The number of hydrogen-bond donors (Lipinski definition) is 0. The summed E-state index contributed by atoms with van der Waals surface area (Å²) in [4.78, 5) is 3.99. The van der Waals surface area contributed by atoms with Crippen LogP contribution in [0.4, 0.5) is 4.70 Å². The number of imidazole rings is 1. The van der Waals surface area contributed by atoms with Crippen LogP contribution in [0.25, 0.3) is 0 Å². The maximum atomic E-state index is 3.99. The Labute approximate surface area is 66.6 Å². The molecule has 11 heavy (non-hydrogen) atoms. The van der Waals surface area contributed by atoms with E-state index < -0.39 is 0 Å². The minimum Gasteiger partial charge on any atom is -0.335 e. The fourth-order valence-electron chi connectivity index (χ4n) is 1.10. The Bertz CT molecular complexity index is 172. The van der Waals surface area contributed by atoms with Gasteiger partial charge in [0.15, 0.2) is 0 Å². The first-order valence-electron chi connectivity index (χ1n) is 3.82. The Morgan fingerprint density at radius 1 is 1.55 bits per heavy atom. The molecule has 1 unspecified atom stereocenters. The van der Waals surface area contributed by atoms with Crippen LogP contribution in [0.2, 0.25) is 0 Å². The van der Waals surface area contributed by atoms with Crippen molar-refractivity contribution in [3.8, 4) is 0 Å². The molecule has 2 nitrogen and oxygen atoms in total. The van der Waals surface area contributed by atoms with E-state index in [2.05, 4.69) is 23.4 Å². The zero-order valence-corrected chi connectivity index (χ0v) is 7.03. The van der Waals surface area contributed by atoms with Crippen molar-refractivity contribution in [2.45, 2.75) is 32.7 Å². The largest absolute Gasteiger partial charge is 0.335 e. The molecule has 0 fully saturated rings. The second-order valence-corrected chi connectivity index (χ2v) is 2.65. The lowest BCUT2D eigenvalue weighted by Gasteiger charge is -2.10. The third-order valence-corrected chi connectivity index (χ3v) is 1.74. The molecule has 1 aromatic rings. The van der Waals surface area contributed by atoms with E-state index in [9.17, 15) is 0 Å². The molecule has 0 aliphatic carbocycles. The van der Waals surface area contributed by atoms with Gasteiger partial charge in [-0.2, -0.15) is 0 Å². The van der Waals surface area contributed by atoms with E-state index in [1.165, 1.54) is 12.8 Å². The summed E-state index contributed by atoms with van der Waals surface area (Å²) >= 11 is 0. The number of aromatic nitrogens is 2. The summed E-state index contributed by atoms with van der Waals surface area (Å²) in [7, 11) is 0. The van der Waals surface area contributed by atoms with Gasteiger partial charge >= 0.3 is 0 Å². The van der Waals surface area contributed by atoms with Gasteiger partial charge in [-0.25, -0.2) is 4.98 Å². The van der Waals surface area contributed by atoms with Gasteiger partial charge in [-0.3, -0.25) is 4.70 Å². The molecule has 64 valence electrons. The van der Waals surface area contributed by atoms with Crippen molar-refractivity contribution in [3.05, 3.63) is 18.7 Å². The lowest BCUT2D eigenvalue weighted by Crippen LogP contribution is -2.00. The van der Waals surface area contributed by atoms with Gasteiger partial charge in [0.05, 0.1) is 6.33 Å². The van der Waals surface area contributed by atoms with Crippen molar-refractivity contribution in [1.82, 2.24) is 9.55 Å². The lowest BCUT2D eigenvalue weighted by atomic mass is 10.2. The van der Waals surface area contributed by atoms with E-state index in [0.29, 0.717) is 6.04 Å². The van der Waals surface area contributed by atoms with E-state index in [1.807, 2.05) is 18.7 Å². The fraction of sp³-hybridized carbons (Fsp3) is 0.625. The quantitative estimate of drug-likeness (QED) is 0.660. The first kappa shape index (κ1) is 10.1. The van der Waals surface area contributed by atoms with E-state index in [1.54, 1.807) is 0 Å². The predicted octanol–water partition coefficient (Wildman–Crippen LogP) is 2.40. The SMILES string of the molecule is CCCC(C)n1ccnc1.F. The standard InChI is InChI=1S/C8H14N2.FH/c1-3-4-8(2)10-6-5-9-7-10;/h5-8H,3-4H2,1-2H3;1H. The number of nitrogens with zero attached hydrogens (tertiary/aromatic N) is 2. The number of rotatable bonds is 3. The minimum absolute atomic E-state index is 0. The van der Waals surface area contributed by atoms with Gasteiger partial charge in [0.25, 0.3) is 0 Å². The molecule has 0 saturated carbocycles. The summed E-state index contributed by atoms with van der Waals surface area (Å²) in [6.45, 7) is 4.42. The number of halogens is 1. The van der Waals surface area contributed by atoms with Gasteiger partial charge in [-0.05, 0) is 13.3 Å². The zero-order chi connectivity index (χ0) is 7.40. The van der Waals surface area contributed by atoms with Gasteiger partial charge < -0.3 is 4.57 Å². The normalized spacial score (nSPS) is 12.2. The Morgan fingerprint density at radius 3 is 2.73 bits per heavy atom. The molecular weight excluding hydrogens is 143 g/mol. The van der Waals surface area contributed by atoms with Gasteiger partial charge in [-0.15, -0.1) is 0 Å². The summed E-state index contributed by atoms with van der Waals surface area (Å²) in [6.07, 6.45) is 8.18. The monoisotopic (exact) mass is 158 g/mol. The molecule has 1 heterocycles. The highest BCUT2D eigenvalue weighted by Gasteiger charge is 1.99. The predicted molar refractivity (Wildman–Crippen MR) is 44.3 cm³/mol. The summed E-state index contributed by atoms with van der Waals surface area (Å²) < 4.78 is 2.14. The third-order valence-electron chi connectivity index (χ3n) is 1.74. The summed E-state index contributed by atoms with van der Waals surface area (Å²) in [5.74, 6) is 0. The average molecular weight is 158 g/mol. The van der Waals surface area contributed by atoms with Crippen molar-refractivity contribution in [3.63, 3.8) is 0 Å². The Morgan fingerprint density at radius 2 is 2.27 bits per heavy atom. The zero-order valence-electron chi connectivity index (χ0n) is 7.03. The molecule has 1 aromatic heterocycles. The topological polar surface area (TPSA) is 17.8 Å². The molecule has 1 rings (SSSR count). The third kappa shape index (κ3) is 2.70. The van der Waals surface area contributed by atoms with Crippen molar-refractivity contribution < 1.29 is 4.70 Å². The van der Waals surface area contributed by atoms with E-state index in [4.69, 9.17) is 0 Å². The smallest absolute Gasteiger partial charge is 0.0948 e. The van der Waals surface area contributed by atoms with Crippen LogP contribution < -0.4 is 0 Å². The fourth-order valence-corrected chi connectivity index (χ4v) is 1.10. The van der Waals surface area contributed by atoms with Crippen molar-refractivity contribution in [2.24, 2.45) is 0 Å². The lowest BCUT2D eigenvalue weighted by molar-refractivity contribution is 0.500. The Balaban J connectivity index is 0.000001000. The van der Waals surface area contributed by atoms with Crippen LogP contribution in [0.3, 0.4) is 0 Å². The molecule has 0 bridgehead atoms. The van der Waals surface area contributed by atoms with Gasteiger partial charge in [0, 0.05) is 18.4 Å². The minimum atomic E-state index is 0. The van der Waals surface area contributed by atoms with Crippen molar-refractivity contribution in [2.75, 3.05) is 0 Å². The summed E-state index contributed by atoms with van der Waals surface area (Å²) in [5, 5.41) is 0. The van der Waals surface area contributed by atoms with Crippen molar-refractivity contribution in [1.29, 1.82) is 0 Å². The van der Waals surface area contributed by atoms with E-state index in [-0.39, 0.29) is 4.70 Å². The van der Waals surface area contributed by atoms with Gasteiger partial charge in [0.1, 0.15) is 0 Å². The molecule has 0 aromatic carbocycles. The summed E-state index contributed by atoms with van der Waals surface area (Å²) in [5.41, 5.74) is 0. The molecule has 3 heteroatoms. The second-order valence-electron chi connectivity index (χ2n) is 2.65. The van der Waals surface area contributed by atoms with Crippen LogP contribution in [0.1, 0.15) is 32.7 Å². The molecule has 0 amide bonds. The maximum Gasteiger partial charge on any atom is 0.0948 e. The first-order chi connectivity index (χ1) is 4.84. The van der Waals surface area contributed by atoms with Crippen LogP contribution in [-0.4, -0.2) is 9.55 Å². The highest BCUT2D eigenvalue weighted by atomic mass is 19.0. The second kappa shape index (κ2) is 4.88. The van der Waals surface area contributed by atoms with E-state index >= 15 is 0 Å². The van der Waals surface area contributed by atoms with Crippen LogP contribution in [0, 0.1) is 0 Å². The van der Waals surface area contributed by atoms with Crippen LogP contribution >= 0.6 is 0 Å². The van der Waals surface area contributed by atoms with Gasteiger partial charge in [0.2, 0.25) is 0 Å².